The Morgan fingerprint density at radius 2 is 1.36 bits per heavy atom. The first kappa shape index (κ1) is 16.9. The van der Waals surface area contributed by atoms with Gasteiger partial charge in [0.1, 0.15) is 5.25 Å². The van der Waals surface area contributed by atoms with E-state index in [4.69, 9.17) is 0 Å². The molecular weight excluding hydrogens is 370 g/mol. The molecule has 1 aliphatic rings. The van der Waals surface area contributed by atoms with Crippen molar-refractivity contribution in [1.29, 1.82) is 0 Å². The lowest BCUT2D eigenvalue weighted by atomic mass is 10.1. The summed E-state index contributed by atoms with van der Waals surface area (Å²) in [6.45, 7) is 0. The van der Waals surface area contributed by atoms with Crippen LogP contribution >= 0.6 is 0 Å². The number of benzene rings is 3. The van der Waals surface area contributed by atoms with Gasteiger partial charge in [-0.05, 0) is 34.4 Å². The Morgan fingerprint density at radius 1 is 0.786 bits per heavy atom. The maximum absolute atomic E-state index is 13.4. The molecule has 0 aliphatic heterocycles. The van der Waals surface area contributed by atoms with Crippen LogP contribution < -0.4 is 0 Å². The van der Waals surface area contributed by atoms with Gasteiger partial charge in [-0.2, -0.15) is 0 Å². The minimum Gasteiger partial charge on any atom is -0.227 e. The van der Waals surface area contributed by atoms with Crippen LogP contribution in [0, 0.1) is 0 Å². The first-order chi connectivity index (χ1) is 13.6. The molecule has 1 aromatic heterocycles. The summed E-state index contributed by atoms with van der Waals surface area (Å²) in [5.41, 5.74) is 4.92. The van der Waals surface area contributed by atoms with Gasteiger partial charge in [0.25, 0.3) is 0 Å². The summed E-state index contributed by atoms with van der Waals surface area (Å²) < 4.78 is 28.4. The number of fused-ring (bicyclic) bond motifs is 3. The Balaban J connectivity index is 1.53. The van der Waals surface area contributed by atoms with Crippen molar-refractivity contribution in [2.75, 3.05) is 0 Å². The SMILES string of the molecule is O=S(=O)(Cc1cn(-c2ccccc2)nn1)C1c2ccccc2-c2ccccc21. The van der Waals surface area contributed by atoms with E-state index in [9.17, 15) is 8.42 Å². The predicted octanol–water partition coefficient (Wildman–Crippen LogP) is 3.95. The Bertz CT molecular complexity index is 1220. The number of hydrogen-bond acceptors (Lipinski definition) is 4. The fourth-order valence-corrected chi connectivity index (χ4v) is 5.75. The summed E-state index contributed by atoms with van der Waals surface area (Å²) in [7, 11) is -3.52. The van der Waals surface area contributed by atoms with Gasteiger partial charge in [-0.3, -0.25) is 0 Å². The highest BCUT2D eigenvalue weighted by molar-refractivity contribution is 7.91. The van der Waals surface area contributed by atoms with Gasteiger partial charge < -0.3 is 0 Å². The topological polar surface area (TPSA) is 64.8 Å². The molecule has 5 nitrogen and oxygen atoms in total. The van der Waals surface area contributed by atoms with Gasteiger partial charge in [0.05, 0.1) is 23.3 Å². The quantitative estimate of drug-likeness (QED) is 0.532. The average molecular weight is 387 g/mol. The van der Waals surface area contributed by atoms with Gasteiger partial charge in [0.15, 0.2) is 9.84 Å². The van der Waals surface area contributed by atoms with Crippen LogP contribution in [0.1, 0.15) is 22.1 Å². The molecule has 0 saturated heterocycles. The molecule has 0 saturated carbocycles. The molecule has 0 spiro atoms. The molecule has 0 amide bonds. The normalized spacial score (nSPS) is 13.3. The van der Waals surface area contributed by atoms with Gasteiger partial charge in [-0.15, -0.1) is 5.10 Å². The first-order valence-electron chi connectivity index (χ1n) is 9.00. The van der Waals surface area contributed by atoms with Gasteiger partial charge >= 0.3 is 0 Å². The van der Waals surface area contributed by atoms with E-state index < -0.39 is 15.1 Å². The Hall–Kier alpha value is -3.25. The lowest BCUT2D eigenvalue weighted by molar-refractivity contribution is 0.588. The van der Waals surface area contributed by atoms with Crippen molar-refractivity contribution < 1.29 is 8.42 Å². The van der Waals surface area contributed by atoms with Gasteiger partial charge in [-0.1, -0.05) is 71.9 Å². The third-order valence-electron chi connectivity index (χ3n) is 5.05. The molecule has 28 heavy (non-hydrogen) atoms. The lowest BCUT2D eigenvalue weighted by Gasteiger charge is -2.14. The minimum absolute atomic E-state index is 0.160. The van der Waals surface area contributed by atoms with Crippen molar-refractivity contribution in [3.63, 3.8) is 0 Å². The van der Waals surface area contributed by atoms with Crippen molar-refractivity contribution in [2.24, 2.45) is 0 Å². The number of sulfone groups is 1. The van der Waals surface area contributed by atoms with E-state index in [1.807, 2.05) is 78.9 Å². The van der Waals surface area contributed by atoms with Crippen molar-refractivity contribution >= 4 is 9.84 Å². The van der Waals surface area contributed by atoms with Crippen LogP contribution in [0.3, 0.4) is 0 Å². The highest BCUT2D eigenvalue weighted by Crippen LogP contribution is 2.47. The Morgan fingerprint density at radius 3 is 2.00 bits per heavy atom. The second-order valence-electron chi connectivity index (χ2n) is 6.85. The first-order valence-corrected chi connectivity index (χ1v) is 10.7. The Kier molecular flexibility index (Phi) is 3.87. The standard InChI is InChI=1S/C22H17N3O2S/c26-28(27,15-16-14-25(24-23-16)17-8-2-1-3-9-17)22-20-12-6-4-10-18(20)19-11-5-7-13-21(19)22/h1-14,22H,15H2. The highest BCUT2D eigenvalue weighted by Gasteiger charge is 2.38. The molecule has 5 rings (SSSR count). The van der Waals surface area contributed by atoms with E-state index >= 15 is 0 Å². The van der Waals surface area contributed by atoms with Gasteiger partial charge in [-0.25, -0.2) is 13.1 Å². The molecule has 1 heterocycles. The second kappa shape index (κ2) is 6.42. The third-order valence-corrected chi connectivity index (χ3v) is 6.97. The van der Waals surface area contributed by atoms with Crippen LogP contribution in [0.2, 0.25) is 0 Å². The molecule has 6 heteroatoms. The zero-order chi connectivity index (χ0) is 19.1. The molecule has 0 bridgehead atoms. The van der Waals surface area contributed by atoms with E-state index in [1.165, 1.54) is 0 Å². The molecule has 138 valence electrons. The molecule has 1 aliphatic carbocycles. The number of nitrogens with zero attached hydrogens (tertiary/aromatic N) is 3. The maximum atomic E-state index is 13.4. The molecule has 0 fully saturated rings. The largest absolute Gasteiger partial charge is 0.227 e. The van der Waals surface area contributed by atoms with E-state index in [0.717, 1.165) is 27.9 Å². The van der Waals surface area contributed by atoms with Crippen molar-refractivity contribution in [2.45, 2.75) is 11.0 Å². The summed E-state index contributed by atoms with van der Waals surface area (Å²) in [6, 6.07) is 24.9. The van der Waals surface area contributed by atoms with Crippen LogP contribution in [0.15, 0.2) is 85.1 Å². The summed E-state index contributed by atoms with van der Waals surface area (Å²) in [4.78, 5) is 0. The van der Waals surface area contributed by atoms with Crippen molar-refractivity contribution in [3.05, 3.63) is 102 Å². The highest BCUT2D eigenvalue weighted by atomic mass is 32.2. The molecular formula is C22H17N3O2S. The molecule has 4 aromatic rings. The predicted molar refractivity (Wildman–Crippen MR) is 108 cm³/mol. The fourth-order valence-electron chi connectivity index (χ4n) is 3.86. The summed E-state index contributed by atoms with van der Waals surface area (Å²) in [6.07, 6.45) is 1.68. The smallest absolute Gasteiger partial charge is 0.167 e. The molecule has 0 unspecified atom stereocenters. The monoisotopic (exact) mass is 387 g/mol. The molecule has 0 N–H and O–H groups in total. The number of aromatic nitrogens is 3. The third kappa shape index (κ3) is 2.73. The number of hydrogen-bond donors (Lipinski definition) is 0. The fraction of sp³-hybridized carbons (Fsp3) is 0.0909. The van der Waals surface area contributed by atoms with E-state index in [0.29, 0.717) is 5.69 Å². The summed E-state index contributed by atoms with van der Waals surface area (Å²) in [5, 5.41) is 7.50. The van der Waals surface area contributed by atoms with Gasteiger partial charge in [0.2, 0.25) is 0 Å². The van der Waals surface area contributed by atoms with Crippen LogP contribution in [0.4, 0.5) is 0 Å². The second-order valence-corrected chi connectivity index (χ2v) is 8.94. The van der Waals surface area contributed by atoms with Crippen molar-refractivity contribution in [1.82, 2.24) is 15.0 Å². The number of para-hydroxylation sites is 1. The van der Waals surface area contributed by atoms with Crippen LogP contribution in [0.5, 0.6) is 0 Å². The average Bonchev–Trinajstić information content (AvgIpc) is 3.31. The molecule has 3 aromatic carbocycles. The minimum atomic E-state index is -3.52. The molecule has 0 radical (unpaired) electrons. The lowest BCUT2D eigenvalue weighted by Crippen LogP contribution is -2.15. The zero-order valence-corrected chi connectivity index (χ0v) is 15.8. The Labute approximate surface area is 163 Å². The van der Waals surface area contributed by atoms with Crippen LogP contribution in [-0.4, -0.2) is 23.4 Å². The van der Waals surface area contributed by atoms with Gasteiger partial charge in [0, 0.05) is 0 Å². The van der Waals surface area contributed by atoms with E-state index in [-0.39, 0.29) is 5.75 Å². The van der Waals surface area contributed by atoms with Crippen molar-refractivity contribution in [3.8, 4) is 16.8 Å². The number of rotatable bonds is 4. The zero-order valence-electron chi connectivity index (χ0n) is 14.9. The van der Waals surface area contributed by atoms with Crippen LogP contribution in [0.25, 0.3) is 16.8 Å². The van der Waals surface area contributed by atoms with E-state index in [2.05, 4.69) is 10.3 Å². The van der Waals surface area contributed by atoms with E-state index in [1.54, 1.807) is 10.9 Å². The molecule has 0 atom stereocenters. The van der Waals surface area contributed by atoms with Crippen LogP contribution in [-0.2, 0) is 15.6 Å². The maximum Gasteiger partial charge on any atom is 0.167 e. The summed E-state index contributed by atoms with van der Waals surface area (Å²) in [5.74, 6) is -0.160. The summed E-state index contributed by atoms with van der Waals surface area (Å²) >= 11 is 0.